The van der Waals surface area contributed by atoms with Gasteiger partial charge in [0.15, 0.2) is 0 Å². The van der Waals surface area contributed by atoms with Crippen molar-refractivity contribution >= 4 is 35.4 Å². The van der Waals surface area contributed by atoms with E-state index >= 15 is 0 Å². The van der Waals surface area contributed by atoms with Gasteiger partial charge in [0.1, 0.15) is 5.82 Å². The summed E-state index contributed by atoms with van der Waals surface area (Å²) in [7, 11) is 0. The Morgan fingerprint density at radius 1 is 1.30 bits per heavy atom. The normalized spacial score (nSPS) is 13.8. The molecular formula is C22H17ClFNO2. The SMILES string of the molecule is O=C(/C=C/c1ccc(F)cc1Cl)NC(CO)C1=CC=C=c2ccccc2=C1. The van der Waals surface area contributed by atoms with Crippen LogP contribution in [0.2, 0.25) is 5.02 Å². The smallest absolute Gasteiger partial charge is 0.244 e. The second-order valence-electron chi connectivity index (χ2n) is 5.95. The number of carbonyl (C=O) groups excluding carboxylic acids is 1. The second kappa shape index (κ2) is 8.65. The lowest BCUT2D eigenvalue weighted by molar-refractivity contribution is -0.117. The molecule has 1 aliphatic rings. The van der Waals surface area contributed by atoms with Gasteiger partial charge in [-0.3, -0.25) is 4.79 Å². The van der Waals surface area contributed by atoms with Gasteiger partial charge < -0.3 is 10.4 Å². The minimum atomic E-state index is -0.574. The Kier molecular flexibility index (Phi) is 6.05. The molecule has 1 aliphatic carbocycles. The van der Waals surface area contributed by atoms with Crippen LogP contribution in [0.1, 0.15) is 5.56 Å². The average molecular weight is 382 g/mol. The van der Waals surface area contributed by atoms with Crippen LogP contribution in [-0.2, 0) is 4.79 Å². The largest absolute Gasteiger partial charge is 0.394 e. The van der Waals surface area contributed by atoms with E-state index in [9.17, 15) is 14.3 Å². The van der Waals surface area contributed by atoms with Gasteiger partial charge in [-0.15, -0.1) is 5.73 Å². The zero-order valence-electron chi connectivity index (χ0n) is 14.3. The fourth-order valence-electron chi connectivity index (χ4n) is 2.68. The number of aliphatic hydroxyl groups is 1. The van der Waals surface area contributed by atoms with E-state index in [4.69, 9.17) is 11.6 Å². The summed E-state index contributed by atoms with van der Waals surface area (Å²) in [5.74, 6) is -0.836. The van der Waals surface area contributed by atoms with Crippen molar-refractivity contribution in [2.24, 2.45) is 0 Å². The van der Waals surface area contributed by atoms with Crippen molar-refractivity contribution in [2.45, 2.75) is 6.04 Å². The van der Waals surface area contributed by atoms with E-state index in [-0.39, 0.29) is 11.6 Å². The molecule has 2 aromatic rings. The van der Waals surface area contributed by atoms with Crippen LogP contribution in [0.3, 0.4) is 0 Å². The first-order valence-electron chi connectivity index (χ1n) is 8.35. The summed E-state index contributed by atoms with van der Waals surface area (Å²) < 4.78 is 13.1. The number of hydrogen-bond acceptors (Lipinski definition) is 2. The van der Waals surface area contributed by atoms with E-state index in [0.717, 1.165) is 16.0 Å². The molecule has 0 fully saturated rings. The molecule has 2 aromatic carbocycles. The van der Waals surface area contributed by atoms with Crippen LogP contribution >= 0.6 is 11.6 Å². The van der Waals surface area contributed by atoms with Gasteiger partial charge in [-0.1, -0.05) is 35.9 Å². The minimum absolute atomic E-state index is 0.217. The number of hydrogen-bond donors (Lipinski definition) is 2. The highest BCUT2D eigenvalue weighted by molar-refractivity contribution is 6.32. The van der Waals surface area contributed by atoms with Gasteiger partial charge in [0, 0.05) is 11.3 Å². The van der Waals surface area contributed by atoms with Gasteiger partial charge in [0.25, 0.3) is 0 Å². The fraction of sp³-hybridized carbons (Fsp3) is 0.0909. The molecule has 5 heteroatoms. The number of allylic oxidation sites excluding steroid dienone is 2. The highest BCUT2D eigenvalue weighted by atomic mass is 35.5. The minimum Gasteiger partial charge on any atom is -0.394 e. The molecule has 0 bridgehead atoms. The number of halogens is 2. The Labute approximate surface area is 161 Å². The van der Waals surface area contributed by atoms with Gasteiger partial charge in [-0.25, -0.2) is 4.39 Å². The Bertz CT molecular complexity index is 1080. The number of rotatable bonds is 5. The lowest BCUT2D eigenvalue weighted by atomic mass is 10.1. The molecule has 0 aromatic heterocycles. The van der Waals surface area contributed by atoms with Gasteiger partial charge in [-0.2, -0.15) is 0 Å². The van der Waals surface area contributed by atoms with Crippen LogP contribution < -0.4 is 15.8 Å². The van der Waals surface area contributed by atoms with Crippen LogP contribution in [0.15, 0.2) is 66.3 Å². The van der Waals surface area contributed by atoms with Gasteiger partial charge >= 0.3 is 0 Å². The van der Waals surface area contributed by atoms with Crippen LogP contribution in [-0.4, -0.2) is 23.7 Å². The summed E-state index contributed by atoms with van der Waals surface area (Å²) in [6, 6.07) is 11.1. The second-order valence-corrected chi connectivity index (χ2v) is 6.36. The predicted molar refractivity (Wildman–Crippen MR) is 106 cm³/mol. The standard InChI is InChI=1S/C22H17ClFNO2/c23-20-13-19(24)10-8-16(20)9-11-22(27)25-21(14-26)18-7-3-6-15-4-1-2-5-17(15)12-18/h1-5,7-13,21,26H,14H2,(H,25,27)/b11-9+. The number of nitrogens with one attached hydrogen (secondary N) is 1. The van der Waals surface area contributed by atoms with Crippen LogP contribution in [0.5, 0.6) is 0 Å². The van der Waals surface area contributed by atoms with Crippen molar-refractivity contribution in [3.63, 3.8) is 0 Å². The van der Waals surface area contributed by atoms with Crippen LogP contribution in [0.4, 0.5) is 4.39 Å². The third-order valence-electron chi connectivity index (χ3n) is 4.08. The van der Waals surface area contributed by atoms with Gasteiger partial charge in [0.2, 0.25) is 5.91 Å². The first-order chi connectivity index (χ1) is 13.1. The van der Waals surface area contributed by atoms with E-state index in [0.29, 0.717) is 5.56 Å². The molecule has 0 saturated heterocycles. The molecule has 1 amide bonds. The van der Waals surface area contributed by atoms with Crippen molar-refractivity contribution in [2.75, 3.05) is 6.61 Å². The van der Waals surface area contributed by atoms with Crippen LogP contribution in [0.25, 0.3) is 17.9 Å². The van der Waals surface area contributed by atoms with Crippen LogP contribution in [0, 0.1) is 5.82 Å². The van der Waals surface area contributed by atoms with Crippen molar-refractivity contribution in [3.8, 4) is 0 Å². The molecule has 3 nitrogen and oxygen atoms in total. The third-order valence-corrected chi connectivity index (χ3v) is 4.40. The lowest BCUT2D eigenvalue weighted by Crippen LogP contribution is -2.38. The molecule has 3 rings (SSSR count). The quantitative estimate of drug-likeness (QED) is 0.781. The zero-order valence-corrected chi connectivity index (χ0v) is 15.1. The number of fused-ring (bicyclic) bond motifs is 1. The Morgan fingerprint density at radius 2 is 2.11 bits per heavy atom. The topological polar surface area (TPSA) is 49.3 Å². The molecule has 1 atom stereocenters. The number of aliphatic hydroxyl groups excluding tert-OH is 1. The van der Waals surface area contributed by atoms with Gasteiger partial charge in [0.05, 0.1) is 17.7 Å². The van der Waals surface area contributed by atoms with Crippen molar-refractivity contribution < 1.29 is 14.3 Å². The summed E-state index contributed by atoms with van der Waals surface area (Å²) in [5, 5.41) is 14.6. The lowest BCUT2D eigenvalue weighted by Gasteiger charge is -2.16. The molecular weight excluding hydrogens is 365 g/mol. The number of carbonyl (C=O) groups is 1. The maximum atomic E-state index is 13.1. The van der Waals surface area contributed by atoms with Crippen molar-refractivity contribution in [3.05, 3.63) is 93.1 Å². The summed E-state index contributed by atoms with van der Waals surface area (Å²) >= 11 is 5.95. The van der Waals surface area contributed by atoms with E-state index in [1.54, 1.807) is 6.08 Å². The molecule has 0 spiro atoms. The van der Waals surface area contributed by atoms with Gasteiger partial charge in [-0.05, 0) is 58.9 Å². The molecule has 0 heterocycles. The highest BCUT2D eigenvalue weighted by Gasteiger charge is 2.13. The zero-order chi connectivity index (χ0) is 19.2. The van der Waals surface area contributed by atoms with E-state index < -0.39 is 17.8 Å². The van der Waals surface area contributed by atoms with E-state index in [1.807, 2.05) is 36.4 Å². The number of benzene rings is 2. The predicted octanol–water partition coefficient (Wildman–Crippen LogP) is 2.33. The summed E-state index contributed by atoms with van der Waals surface area (Å²) in [5.41, 5.74) is 4.45. The average Bonchev–Trinajstić information content (AvgIpc) is 2.87. The maximum Gasteiger partial charge on any atom is 0.244 e. The summed E-state index contributed by atoms with van der Waals surface area (Å²) in [6.07, 6.45) is 8.28. The monoisotopic (exact) mass is 381 g/mol. The molecule has 2 N–H and O–H groups in total. The summed E-state index contributed by atoms with van der Waals surface area (Å²) in [6.45, 7) is -0.255. The van der Waals surface area contributed by atoms with E-state index in [1.165, 1.54) is 30.4 Å². The third kappa shape index (κ3) is 4.83. The Balaban J connectivity index is 1.76. The first-order valence-corrected chi connectivity index (χ1v) is 8.73. The Hall–Kier alpha value is -2.91. The summed E-state index contributed by atoms with van der Waals surface area (Å²) in [4.78, 5) is 12.2. The molecule has 1 unspecified atom stereocenters. The van der Waals surface area contributed by atoms with Crippen molar-refractivity contribution in [1.82, 2.24) is 5.32 Å². The maximum absolute atomic E-state index is 13.1. The Morgan fingerprint density at radius 3 is 2.89 bits per heavy atom. The molecule has 0 radical (unpaired) electrons. The first kappa shape index (κ1) is 18.9. The molecule has 0 aliphatic heterocycles. The highest BCUT2D eigenvalue weighted by Crippen LogP contribution is 2.18. The molecule has 27 heavy (non-hydrogen) atoms. The van der Waals surface area contributed by atoms with E-state index in [2.05, 4.69) is 11.0 Å². The molecule has 0 saturated carbocycles. The fourth-order valence-corrected chi connectivity index (χ4v) is 2.91. The van der Waals surface area contributed by atoms with Crippen molar-refractivity contribution in [1.29, 1.82) is 0 Å². The molecule has 136 valence electrons. The number of amides is 1.